The third-order valence-electron chi connectivity index (χ3n) is 10.0. The third kappa shape index (κ3) is 8.58. The van der Waals surface area contributed by atoms with Crippen LogP contribution in [0.4, 0.5) is 11.5 Å². The second-order valence-corrected chi connectivity index (χ2v) is 13.5. The number of nitrogens with zero attached hydrogens (tertiary/aromatic N) is 5. The summed E-state index contributed by atoms with van der Waals surface area (Å²) in [5, 5.41) is 20.8. The van der Waals surface area contributed by atoms with Gasteiger partial charge in [0, 0.05) is 55.7 Å². The Balaban J connectivity index is 0.818. The lowest BCUT2D eigenvalue weighted by Crippen LogP contribution is -2.52. The summed E-state index contributed by atoms with van der Waals surface area (Å²) in [5.41, 5.74) is 9.44. The molecule has 13 nitrogen and oxygen atoms in total. The maximum Gasteiger partial charge on any atom is 0.255 e. The van der Waals surface area contributed by atoms with E-state index in [1.807, 2.05) is 29.2 Å². The maximum atomic E-state index is 13.0. The molecule has 0 radical (unpaired) electrons. The molecule has 3 aliphatic rings. The van der Waals surface area contributed by atoms with Crippen molar-refractivity contribution in [3.63, 3.8) is 0 Å². The van der Waals surface area contributed by atoms with Gasteiger partial charge in [0.1, 0.15) is 17.5 Å². The standard InChI is InChI=1S/C38H47N7O6/c39-36-31(24-29(41-42-36)27-12-8-9-14-32(27)46)43-19-21-44(22-20-43)35(48)16-7-5-3-1-2-4-6-10-23-51-33-15-11-13-26-28(33)25-45(38(26)50)30-17-18-34(47)40-37(30)49/h8-9,11-15,24,30,46H,1-7,10,16-23,25H2,(H2,39,42)(H,40,47,49). The highest BCUT2D eigenvalue weighted by molar-refractivity contribution is 6.05. The molecule has 0 aliphatic carbocycles. The Labute approximate surface area is 298 Å². The topological polar surface area (TPSA) is 171 Å². The summed E-state index contributed by atoms with van der Waals surface area (Å²) in [6, 6.07) is 13.7. The number of benzene rings is 2. The van der Waals surface area contributed by atoms with Crippen molar-refractivity contribution >= 4 is 35.1 Å². The Bertz CT molecular complexity index is 1740. The Morgan fingerprint density at radius 2 is 1.59 bits per heavy atom. The second kappa shape index (κ2) is 16.7. The number of para-hydroxylation sites is 1. The Morgan fingerprint density at radius 1 is 0.882 bits per heavy atom. The molecule has 4 heterocycles. The highest BCUT2D eigenvalue weighted by atomic mass is 16.5. The molecule has 4 amide bonds. The molecule has 51 heavy (non-hydrogen) atoms. The zero-order chi connectivity index (χ0) is 35.7. The van der Waals surface area contributed by atoms with Crippen molar-refractivity contribution in [3.05, 3.63) is 59.7 Å². The van der Waals surface area contributed by atoms with Crippen LogP contribution in [0.1, 0.15) is 86.6 Å². The van der Waals surface area contributed by atoms with Crippen LogP contribution in [0.3, 0.4) is 0 Å². The number of aromatic nitrogens is 2. The van der Waals surface area contributed by atoms with Crippen molar-refractivity contribution < 1.29 is 29.0 Å². The molecule has 2 fully saturated rings. The van der Waals surface area contributed by atoms with E-state index in [1.165, 1.54) is 0 Å². The molecule has 0 bridgehead atoms. The summed E-state index contributed by atoms with van der Waals surface area (Å²) in [6.07, 6.45) is 9.54. The summed E-state index contributed by atoms with van der Waals surface area (Å²) in [6.45, 7) is 3.43. The van der Waals surface area contributed by atoms with Gasteiger partial charge >= 0.3 is 0 Å². The van der Waals surface area contributed by atoms with Gasteiger partial charge in [-0.05, 0) is 49.6 Å². The normalized spacial score (nSPS) is 17.5. The van der Waals surface area contributed by atoms with Gasteiger partial charge in [-0.1, -0.05) is 56.7 Å². The van der Waals surface area contributed by atoms with Crippen LogP contribution >= 0.6 is 0 Å². The van der Waals surface area contributed by atoms with E-state index in [0.717, 1.165) is 62.6 Å². The average molecular weight is 698 g/mol. The predicted molar refractivity (Wildman–Crippen MR) is 192 cm³/mol. The first kappa shape index (κ1) is 35.6. The number of nitrogen functional groups attached to an aromatic ring is 1. The van der Waals surface area contributed by atoms with E-state index in [2.05, 4.69) is 20.4 Å². The number of hydrogen-bond acceptors (Lipinski definition) is 10. The van der Waals surface area contributed by atoms with Crippen molar-refractivity contribution in [1.82, 2.24) is 25.3 Å². The highest BCUT2D eigenvalue weighted by Crippen LogP contribution is 2.34. The monoisotopic (exact) mass is 697 g/mol. The first-order valence-electron chi connectivity index (χ1n) is 18.1. The van der Waals surface area contributed by atoms with Crippen LogP contribution in [-0.4, -0.2) is 87.6 Å². The number of carbonyl (C=O) groups is 4. The van der Waals surface area contributed by atoms with Crippen molar-refractivity contribution in [1.29, 1.82) is 0 Å². The van der Waals surface area contributed by atoms with Crippen molar-refractivity contribution in [2.45, 2.75) is 83.2 Å². The summed E-state index contributed by atoms with van der Waals surface area (Å²) in [7, 11) is 0. The number of aromatic hydroxyl groups is 1. The molecule has 0 saturated carbocycles. The third-order valence-corrected chi connectivity index (χ3v) is 10.0. The number of anilines is 2. The largest absolute Gasteiger partial charge is 0.507 e. The molecule has 6 rings (SSSR count). The average Bonchev–Trinajstić information content (AvgIpc) is 3.47. The fraction of sp³-hybridized carbons (Fsp3) is 0.474. The van der Waals surface area contributed by atoms with Crippen molar-refractivity contribution in [2.24, 2.45) is 0 Å². The van der Waals surface area contributed by atoms with Gasteiger partial charge in [-0.25, -0.2) is 0 Å². The summed E-state index contributed by atoms with van der Waals surface area (Å²) in [5.74, 6) is 0.439. The lowest BCUT2D eigenvalue weighted by atomic mass is 10.0. The van der Waals surface area contributed by atoms with E-state index in [9.17, 15) is 24.3 Å². The molecule has 270 valence electrons. The number of piperidine rings is 1. The number of fused-ring (bicyclic) bond motifs is 1. The first-order chi connectivity index (χ1) is 24.8. The number of unbranched alkanes of at least 4 members (excludes halogenated alkanes) is 7. The fourth-order valence-corrected chi connectivity index (χ4v) is 7.13. The second-order valence-electron chi connectivity index (χ2n) is 13.5. The molecule has 13 heteroatoms. The molecule has 1 atom stereocenters. The number of piperazine rings is 1. The van der Waals surface area contributed by atoms with Crippen LogP contribution in [0, 0.1) is 0 Å². The number of hydrogen-bond donors (Lipinski definition) is 3. The number of rotatable bonds is 15. The van der Waals surface area contributed by atoms with Gasteiger partial charge in [-0.15, -0.1) is 10.2 Å². The molecule has 3 aromatic rings. The number of imide groups is 1. The Morgan fingerprint density at radius 3 is 2.33 bits per heavy atom. The number of carbonyl (C=O) groups excluding carboxylic acids is 4. The molecule has 4 N–H and O–H groups in total. The van der Waals surface area contributed by atoms with E-state index in [0.29, 0.717) is 80.6 Å². The van der Waals surface area contributed by atoms with Crippen LogP contribution in [0.5, 0.6) is 11.5 Å². The van der Waals surface area contributed by atoms with E-state index >= 15 is 0 Å². The van der Waals surface area contributed by atoms with Crippen molar-refractivity contribution in [2.75, 3.05) is 43.4 Å². The number of nitrogens with one attached hydrogen (secondary N) is 1. The molecule has 2 aromatic carbocycles. The van der Waals surface area contributed by atoms with Crippen LogP contribution in [0.25, 0.3) is 11.3 Å². The summed E-state index contributed by atoms with van der Waals surface area (Å²) >= 11 is 0. The van der Waals surface area contributed by atoms with E-state index in [4.69, 9.17) is 10.5 Å². The Hall–Kier alpha value is -5.20. The van der Waals surface area contributed by atoms with E-state index < -0.39 is 11.9 Å². The number of phenolic OH excluding ortho intramolecular Hbond substituents is 1. The SMILES string of the molecule is Nc1nnc(-c2ccccc2O)cc1N1CCN(C(=O)CCCCCCCCCCOc2cccc3c2CN(C2CCC(=O)NC2=O)C3=O)CC1. The molecule has 2 saturated heterocycles. The van der Waals surface area contributed by atoms with Gasteiger partial charge in [0.2, 0.25) is 17.7 Å². The van der Waals surface area contributed by atoms with Gasteiger partial charge < -0.3 is 30.3 Å². The summed E-state index contributed by atoms with van der Waals surface area (Å²) in [4.78, 5) is 55.4. The van der Waals surface area contributed by atoms with Crippen LogP contribution in [0.15, 0.2) is 48.5 Å². The lowest BCUT2D eigenvalue weighted by molar-refractivity contribution is -0.137. The number of phenols is 1. The predicted octanol–water partition coefficient (Wildman–Crippen LogP) is 4.43. The molecule has 1 unspecified atom stereocenters. The minimum Gasteiger partial charge on any atom is -0.507 e. The van der Waals surface area contributed by atoms with Crippen molar-refractivity contribution in [3.8, 4) is 22.8 Å². The Kier molecular flexibility index (Phi) is 11.6. The van der Waals surface area contributed by atoms with Gasteiger partial charge in [-0.2, -0.15) is 0 Å². The van der Waals surface area contributed by atoms with Crippen LogP contribution in [-0.2, 0) is 20.9 Å². The molecule has 1 aromatic heterocycles. The minimum absolute atomic E-state index is 0.135. The van der Waals surface area contributed by atoms with E-state index in [1.54, 1.807) is 29.2 Å². The van der Waals surface area contributed by atoms with Gasteiger partial charge in [0.05, 0.1) is 24.5 Å². The van der Waals surface area contributed by atoms with Crippen LogP contribution in [0.2, 0.25) is 0 Å². The number of nitrogens with two attached hydrogens (primary N) is 1. The molecular weight excluding hydrogens is 650 g/mol. The van der Waals surface area contributed by atoms with Gasteiger partial charge in [0.25, 0.3) is 5.91 Å². The van der Waals surface area contributed by atoms with Gasteiger partial charge in [0.15, 0.2) is 5.82 Å². The highest BCUT2D eigenvalue weighted by Gasteiger charge is 2.40. The quantitative estimate of drug-likeness (QED) is 0.152. The summed E-state index contributed by atoms with van der Waals surface area (Å²) < 4.78 is 6.08. The zero-order valence-corrected chi connectivity index (χ0v) is 29.0. The van der Waals surface area contributed by atoms with Crippen LogP contribution < -0.4 is 20.7 Å². The first-order valence-corrected chi connectivity index (χ1v) is 18.1. The van der Waals surface area contributed by atoms with Gasteiger partial charge in [-0.3, -0.25) is 24.5 Å². The minimum atomic E-state index is -0.636. The molecular formula is C38H47N7O6. The fourth-order valence-electron chi connectivity index (χ4n) is 7.13. The molecule has 0 spiro atoms. The zero-order valence-electron chi connectivity index (χ0n) is 29.0. The van der Waals surface area contributed by atoms with E-state index in [-0.39, 0.29) is 29.9 Å². The maximum absolute atomic E-state index is 13.0. The lowest BCUT2D eigenvalue weighted by Gasteiger charge is -2.36. The molecule has 3 aliphatic heterocycles. The number of ether oxygens (including phenoxy) is 1. The number of amides is 4. The smallest absolute Gasteiger partial charge is 0.255 e.